The molecule has 0 aliphatic carbocycles. The van der Waals surface area contributed by atoms with Crippen LogP contribution in [0.2, 0.25) is 0 Å². The van der Waals surface area contributed by atoms with Gasteiger partial charge in [-0.2, -0.15) is 0 Å². The van der Waals surface area contributed by atoms with Gasteiger partial charge in [0.25, 0.3) is 5.69 Å². The molecule has 0 saturated carbocycles. The number of para-hydroxylation sites is 2. The van der Waals surface area contributed by atoms with Gasteiger partial charge in [-0.3, -0.25) is 14.9 Å². The van der Waals surface area contributed by atoms with E-state index in [1.807, 2.05) is 12.1 Å². The molecular weight excluding hydrogens is 348 g/mol. The molecule has 0 aromatic heterocycles. The molecular formula is C20H20N2O5. The number of hydrogen-bond acceptors (Lipinski definition) is 5. The molecule has 3 rings (SSSR count). The van der Waals surface area contributed by atoms with Gasteiger partial charge in [0.1, 0.15) is 12.4 Å². The largest absolute Gasteiger partial charge is 0.489 e. The number of amides is 1. The van der Waals surface area contributed by atoms with E-state index in [1.54, 1.807) is 30.3 Å². The predicted molar refractivity (Wildman–Crippen MR) is 102 cm³/mol. The summed E-state index contributed by atoms with van der Waals surface area (Å²) in [4.78, 5) is 22.4. The van der Waals surface area contributed by atoms with Crippen LogP contribution >= 0.6 is 0 Å². The fraction of sp³-hybridized carbons (Fsp3) is 0.250. The van der Waals surface area contributed by atoms with E-state index in [4.69, 9.17) is 9.47 Å². The lowest BCUT2D eigenvalue weighted by Crippen LogP contribution is -2.17. The molecule has 2 aromatic carbocycles. The number of benzene rings is 2. The smallest absolute Gasteiger partial charge is 0.269 e. The van der Waals surface area contributed by atoms with Crippen LogP contribution in [0.1, 0.15) is 18.4 Å². The summed E-state index contributed by atoms with van der Waals surface area (Å²) in [6, 6.07) is 13.2. The summed E-state index contributed by atoms with van der Waals surface area (Å²) in [6.07, 6.45) is 5.08. The van der Waals surface area contributed by atoms with Crippen molar-refractivity contribution in [3.05, 3.63) is 70.3 Å². The molecule has 0 bridgehead atoms. The van der Waals surface area contributed by atoms with E-state index in [2.05, 4.69) is 5.32 Å². The van der Waals surface area contributed by atoms with Crippen LogP contribution in [0.4, 0.5) is 11.4 Å². The summed E-state index contributed by atoms with van der Waals surface area (Å²) in [6.45, 7) is 1.21. The van der Waals surface area contributed by atoms with Crippen molar-refractivity contribution in [1.29, 1.82) is 0 Å². The molecule has 1 atom stereocenters. The van der Waals surface area contributed by atoms with E-state index < -0.39 is 4.92 Å². The van der Waals surface area contributed by atoms with Crippen molar-refractivity contribution in [2.75, 3.05) is 18.5 Å². The number of ether oxygens (including phenoxy) is 2. The van der Waals surface area contributed by atoms with E-state index in [0.717, 1.165) is 19.4 Å². The third-order valence-electron chi connectivity index (χ3n) is 4.12. The van der Waals surface area contributed by atoms with Gasteiger partial charge in [-0.1, -0.05) is 12.1 Å². The molecule has 1 fully saturated rings. The molecule has 7 nitrogen and oxygen atoms in total. The Morgan fingerprint density at radius 1 is 1.26 bits per heavy atom. The van der Waals surface area contributed by atoms with Crippen molar-refractivity contribution >= 4 is 23.4 Å². The number of non-ortho nitro benzene ring substituents is 1. The lowest BCUT2D eigenvalue weighted by atomic mass is 10.2. The minimum atomic E-state index is -0.465. The van der Waals surface area contributed by atoms with Crippen LogP contribution in [0.5, 0.6) is 5.75 Å². The van der Waals surface area contributed by atoms with Gasteiger partial charge in [0.15, 0.2) is 0 Å². The van der Waals surface area contributed by atoms with Crippen LogP contribution < -0.4 is 10.1 Å². The molecule has 0 spiro atoms. The summed E-state index contributed by atoms with van der Waals surface area (Å²) in [5.74, 6) is 0.270. The van der Waals surface area contributed by atoms with Gasteiger partial charge >= 0.3 is 0 Å². The Hall–Kier alpha value is -3.19. The van der Waals surface area contributed by atoms with E-state index >= 15 is 0 Å². The fourth-order valence-corrected chi connectivity index (χ4v) is 2.71. The summed E-state index contributed by atoms with van der Waals surface area (Å²) in [7, 11) is 0. The number of hydrogen-bond donors (Lipinski definition) is 1. The number of anilines is 1. The highest BCUT2D eigenvalue weighted by atomic mass is 16.6. The summed E-state index contributed by atoms with van der Waals surface area (Å²) in [5, 5.41) is 13.4. The molecule has 1 amide bonds. The quantitative estimate of drug-likeness (QED) is 0.456. The first kappa shape index (κ1) is 18.6. The van der Waals surface area contributed by atoms with Crippen LogP contribution in [0.15, 0.2) is 54.6 Å². The van der Waals surface area contributed by atoms with Crippen LogP contribution in [0.25, 0.3) is 6.08 Å². The second-order valence-electron chi connectivity index (χ2n) is 6.11. The average Bonchev–Trinajstić information content (AvgIpc) is 3.19. The zero-order valence-corrected chi connectivity index (χ0v) is 14.7. The number of rotatable bonds is 7. The molecule has 1 heterocycles. The zero-order valence-electron chi connectivity index (χ0n) is 14.7. The van der Waals surface area contributed by atoms with Crippen LogP contribution in [-0.2, 0) is 9.53 Å². The summed E-state index contributed by atoms with van der Waals surface area (Å²) < 4.78 is 11.3. The normalized spacial score (nSPS) is 16.4. The molecule has 1 aliphatic rings. The molecule has 0 radical (unpaired) electrons. The van der Waals surface area contributed by atoms with Crippen molar-refractivity contribution < 1.29 is 19.2 Å². The molecule has 7 heteroatoms. The van der Waals surface area contributed by atoms with Gasteiger partial charge in [0.2, 0.25) is 5.91 Å². The fourth-order valence-electron chi connectivity index (χ4n) is 2.71. The first-order chi connectivity index (χ1) is 13.1. The maximum Gasteiger partial charge on any atom is 0.269 e. The number of nitrogens with one attached hydrogen (secondary N) is 1. The Morgan fingerprint density at radius 2 is 2.04 bits per heavy atom. The molecule has 1 unspecified atom stereocenters. The highest BCUT2D eigenvalue weighted by molar-refractivity contribution is 6.02. The van der Waals surface area contributed by atoms with Gasteiger partial charge < -0.3 is 14.8 Å². The van der Waals surface area contributed by atoms with Crippen LogP contribution in [0, 0.1) is 10.1 Å². The van der Waals surface area contributed by atoms with Gasteiger partial charge in [-0.25, -0.2) is 0 Å². The van der Waals surface area contributed by atoms with E-state index in [9.17, 15) is 14.9 Å². The minimum Gasteiger partial charge on any atom is -0.489 e. The Morgan fingerprint density at radius 3 is 2.74 bits per heavy atom. The standard InChI is InChI=1S/C20H20N2O5/c23-20(12-9-15-7-10-16(11-8-15)22(24)25)21-18-5-1-2-6-19(18)27-14-17-4-3-13-26-17/h1-2,5-12,17H,3-4,13-14H2,(H,21,23)/b12-9+. The number of nitrogens with zero attached hydrogens (tertiary/aromatic N) is 1. The summed E-state index contributed by atoms with van der Waals surface area (Å²) >= 11 is 0. The van der Waals surface area contributed by atoms with Crippen molar-refractivity contribution in [2.45, 2.75) is 18.9 Å². The van der Waals surface area contributed by atoms with E-state index in [1.165, 1.54) is 18.2 Å². The van der Waals surface area contributed by atoms with E-state index in [0.29, 0.717) is 23.6 Å². The topological polar surface area (TPSA) is 90.7 Å². The van der Waals surface area contributed by atoms with Crippen molar-refractivity contribution in [2.24, 2.45) is 0 Å². The third kappa shape index (κ3) is 5.39. The maximum absolute atomic E-state index is 12.2. The summed E-state index contributed by atoms with van der Waals surface area (Å²) in [5.41, 5.74) is 1.28. The first-order valence-corrected chi connectivity index (χ1v) is 8.69. The average molecular weight is 368 g/mol. The highest BCUT2D eigenvalue weighted by Gasteiger charge is 2.17. The van der Waals surface area contributed by atoms with Crippen molar-refractivity contribution in [3.63, 3.8) is 0 Å². The molecule has 27 heavy (non-hydrogen) atoms. The molecule has 1 N–H and O–H groups in total. The lowest BCUT2D eigenvalue weighted by Gasteiger charge is -2.14. The number of carbonyl (C=O) groups is 1. The number of nitro groups is 1. The molecule has 2 aromatic rings. The highest BCUT2D eigenvalue weighted by Crippen LogP contribution is 2.25. The SMILES string of the molecule is O=C(/C=C/c1ccc([N+](=O)[O-])cc1)Nc1ccccc1OCC1CCCO1. The first-order valence-electron chi connectivity index (χ1n) is 8.69. The van der Waals surface area contributed by atoms with Gasteiger partial charge in [0, 0.05) is 24.8 Å². The molecule has 1 saturated heterocycles. The molecule has 1 aliphatic heterocycles. The Labute approximate surface area is 156 Å². The van der Waals surface area contributed by atoms with Gasteiger partial charge in [-0.05, 0) is 48.7 Å². The molecule has 140 valence electrons. The van der Waals surface area contributed by atoms with Crippen LogP contribution in [0.3, 0.4) is 0 Å². The second-order valence-corrected chi connectivity index (χ2v) is 6.11. The van der Waals surface area contributed by atoms with Crippen LogP contribution in [-0.4, -0.2) is 30.1 Å². The Balaban J connectivity index is 1.59. The van der Waals surface area contributed by atoms with Gasteiger partial charge in [-0.15, -0.1) is 0 Å². The van der Waals surface area contributed by atoms with E-state index in [-0.39, 0.29) is 17.7 Å². The number of nitro benzene ring substituents is 1. The monoisotopic (exact) mass is 368 g/mol. The second kappa shape index (κ2) is 8.95. The number of carbonyl (C=O) groups excluding carboxylic acids is 1. The minimum absolute atomic E-state index is 0.00826. The Bertz CT molecular complexity index is 827. The van der Waals surface area contributed by atoms with Crippen molar-refractivity contribution in [1.82, 2.24) is 0 Å². The maximum atomic E-state index is 12.2. The predicted octanol–water partition coefficient (Wildman–Crippen LogP) is 3.80. The lowest BCUT2D eigenvalue weighted by molar-refractivity contribution is -0.384. The Kier molecular flexibility index (Phi) is 6.17. The van der Waals surface area contributed by atoms with Gasteiger partial charge in [0.05, 0.1) is 16.7 Å². The zero-order chi connectivity index (χ0) is 19.1. The van der Waals surface area contributed by atoms with Crippen molar-refractivity contribution in [3.8, 4) is 5.75 Å². The third-order valence-corrected chi connectivity index (χ3v) is 4.12.